The lowest BCUT2D eigenvalue weighted by Crippen LogP contribution is -2.38. The molecule has 1 fully saturated rings. The number of amides is 1. The molecular formula is C17H25NOS. The molecule has 0 radical (unpaired) electrons. The highest BCUT2D eigenvalue weighted by Crippen LogP contribution is 2.32. The van der Waals surface area contributed by atoms with Crippen molar-refractivity contribution < 1.29 is 4.79 Å². The highest BCUT2D eigenvalue weighted by Gasteiger charge is 2.32. The lowest BCUT2D eigenvalue weighted by molar-refractivity contribution is 0.0706. The van der Waals surface area contributed by atoms with Crippen molar-refractivity contribution >= 4 is 17.2 Å². The molecule has 3 heteroatoms. The van der Waals surface area contributed by atoms with Crippen LogP contribution >= 0.6 is 11.3 Å². The number of rotatable bonds is 2. The molecule has 20 heavy (non-hydrogen) atoms. The number of fused-ring (bicyclic) bond motifs is 1. The summed E-state index contributed by atoms with van der Waals surface area (Å²) < 4.78 is 0. The Labute approximate surface area is 126 Å². The van der Waals surface area contributed by atoms with Crippen molar-refractivity contribution in [2.24, 2.45) is 5.92 Å². The predicted molar refractivity (Wildman–Crippen MR) is 84.5 cm³/mol. The minimum absolute atomic E-state index is 0.291. The minimum Gasteiger partial charge on any atom is -0.335 e. The Morgan fingerprint density at radius 1 is 1.25 bits per heavy atom. The van der Waals surface area contributed by atoms with E-state index < -0.39 is 0 Å². The van der Waals surface area contributed by atoms with E-state index in [9.17, 15) is 4.79 Å². The van der Waals surface area contributed by atoms with Gasteiger partial charge >= 0.3 is 0 Å². The molecule has 1 saturated heterocycles. The van der Waals surface area contributed by atoms with Crippen LogP contribution in [0.1, 0.15) is 66.1 Å². The molecule has 2 nitrogen and oxygen atoms in total. The summed E-state index contributed by atoms with van der Waals surface area (Å²) in [6.07, 6.45) is 8.61. The SMILES string of the molecule is CC(C)C1CCCN1C(=O)c1cc2c(s1)CCCCC2. The van der Waals surface area contributed by atoms with Crippen molar-refractivity contribution in [1.82, 2.24) is 4.90 Å². The topological polar surface area (TPSA) is 20.3 Å². The van der Waals surface area contributed by atoms with Gasteiger partial charge in [-0.05, 0) is 56.1 Å². The van der Waals surface area contributed by atoms with E-state index in [-0.39, 0.29) is 0 Å². The van der Waals surface area contributed by atoms with Crippen LogP contribution in [0.2, 0.25) is 0 Å². The summed E-state index contributed by atoms with van der Waals surface area (Å²) in [4.78, 5) is 17.4. The van der Waals surface area contributed by atoms with E-state index in [0.717, 1.165) is 11.4 Å². The number of carbonyl (C=O) groups is 1. The maximum atomic E-state index is 12.8. The van der Waals surface area contributed by atoms with E-state index in [0.29, 0.717) is 17.9 Å². The normalized spacial score (nSPS) is 22.9. The van der Waals surface area contributed by atoms with Crippen LogP contribution in [0.5, 0.6) is 0 Å². The molecule has 0 aromatic carbocycles. The monoisotopic (exact) mass is 291 g/mol. The second-order valence-electron chi connectivity index (χ2n) is 6.57. The Hall–Kier alpha value is -0.830. The number of aryl methyl sites for hydroxylation is 2. The second-order valence-corrected chi connectivity index (χ2v) is 7.71. The molecule has 1 aliphatic carbocycles. The van der Waals surface area contributed by atoms with Crippen molar-refractivity contribution in [3.63, 3.8) is 0 Å². The van der Waals surface area contributed by atoms with Gasteiger partial charge < -0.3 is 4.90 Å². The quantitative estimate of drug-likeness (QED) is 0.745. The minimum atomic E-state index is 0.291. The van der Waals surface area contributed by atoms with Gasteiger partial charge in [0.15, 0.2) is 0 Å². The van der Waals surface area contributed by atoms with Crippen LogP contribution in [0.3, 0.4) is 0 Å². The molecule has 2 heterocycles. The summed E-state index contributed by atoms with van der Waals surface area (Å²) in [5.74, 6) is 0.860. The first-order valence-corrected chi connectivity index (χ1v) is 8.91. The van der Waals surface area contributed by atoms with Crippen LogP contribution in [0.25, 0.3) is 0 Å². The maximum Gasteiger partial charge on any atom is 0.264 e. The highest BCUT2D eigenvalue weighted by molar-refractivity contribution is 7.14. The molecule has 0 N–H and O–H groups in total. The van der Waals surface area contributed by atoms with Crippen molar-refractivity contribution in [2.45, 2.75) is 64.8 Å². The van der Waals surface area contributed by atoms with Crippen molar-refractivity contribution in [2.75, 3.05) is 6.54 Å². The maximum absolute atomic E-state index is 12.8. The van der Waals surface area contributed by atoms with Crippen LogP contribution in [0.15, 0.2) is 6.07 Å². The Bertz CT molecular complexity index is 468. The fourth-order valence-corrected chi connectivity index (χ4v) is 4.86. The van der Waals surface area contributed by atoms with Gasteiger partial charge in [0.2, 0.25) is 0 Å². The van der Waals surface area contributed by atoms with E-state index in [2.05, 4.69) is 24.8 Å². The molecule has 1 aromatic rings. The van der Waals surface area contributed by atoms with E-state index in [1.165, 1.54) is 55.4 Å². The van der Waals surface area contributed by atoms with Gasteiger partial charge in [-0.15, -0.1) is 11.3 Å². The molecule has 2 aliphatic rings. The lowest BCUT2D eigenvalue weighted by Gasteiger charge is -2.27. The third-order valence-corrected chi connectivity index (χ3v) is 6.01. The third kappa shape index (κ3) is 2.65. The van der Waals surface area contributed by atoms with Gasteiger partial charge in [0.05, 0.1) is 4.88 Å². The first-order valence-electron chi connectivity index (χ1n) is 8.09. The Morgan fingerprint density at radius 3 is 2.85 bits per heavy atom. The van der Waals surface area contributed by atoms with E-state index in [1.807, 2.05) is 0 Å². The van der Waals surface area contributed by atoms with Crippen LogP contribution in [-0.4, -0.2) is 23.4 Å². The lowest BCUT2D eigenvalue weighted by atomic mass is 10.0. The third-order valence-electron chi connectivity index (χ3n) is 4.79. The fourth-order valence-electron chi connectivity index (χ4n) is 3.65. The van der Waals surface area contributed by atoms with E-state index in [1.54, 1.807) is 11.3 Å². The zero-order valence-corrected chi connectivity index (χ0v) is 13.5. The molecule has 1 aliphatic heterocycles. The van der Waals surface area contributed by atoms with Gasteiger partial charge in [-0.3, -0.25) is 4.79 Å². The van der Waals surface area contributed by atoms with Crippen LogP contribution in [0, 0.1) is 5.92 Å². The molecule has 0 saturated carbocycles. The summed E-state index contributed by atoms with van der Waals surface area (Å²) in [5.41, 5.74) is 1.45. The van der Waals surface area contributed by atoms with Gasteiger partial charge in [-0.2, -0.15) is 0 Å². The summed E-state index contributed by atoms with van der Waals surface area (Å²) in [6.45, 7) is 5.42. The second kappa shape index (κ2) is 5.88. The number of likely N-dealkylation sites (tertiary alicyclic amines) is 1. The van der Waals surface area contributed by atoms with Crippen molar-refractivity contribution in [3.8, 4) is 0 Å². The molecule has 1 atom stereocenters. The smallest absolute Gasteiger partial charge is 0.264 e. The van der Waals surface area contributed by atoms with Crippen molar-refractivity contribution in [1.29, 1.82) is 0 Å². The average Bonchev–Trinajstić information content (AvgIpc) is 3.01. The number of nitrogens with zero attached hydrogens (tertiary/aromatic N) is 1. The molecule has 0 spiro atoms. The number of hydrogen-bond donors (Lipinski definition) is 0. The summed E-state index contributed by atoms with van der Waals surface area (Å²) >= 11 is 1.77. The van der Waals surface area contributed by atoms with Crippen LogP contribution < -0.4 is 0 Å². The molecule has 3 rings (SSSR count). The van der Waals surface area contributed by atoms with E-state index in [4.69, 9.17) is 0 Å². The Morgan fingerprint density at radius 2 is 2.05 bits per heavy atom. The van der Waals surface area contributed by atoms with Gasteiger partial charge in [0.1, 0.15) is 0 Å². The van der Waals surface area contributed by atoms with Crippen molar-refractivity contribution in [3.05, 3.63) is 21.4 Å². The number of thiophene rings is 1. The predicted octanol–water partition coefficient (Wildman–Crippen LogP) is 4.28. The van der Waals surface area contributed by atoms with Gasteiger partial charge in [0.25, 0.3) is 5.91 Å². The number of carbonyl (C=O) groups excluding carboxylic acids is 1. The number of hydrogen-bond acceptors (Lipinski definition) is 2. The van der Waals surface area contributed by atoms with E-state index >= 15 is 0 Å². The fraction of sp³-hybridized carbons (Fsp3) is 0.706. The highest BCUT2D eigenvalue weighted by atomic mass is 32.1. The molecule has 110 valence electrons. The molecule has 1 unspecified atom stereocenters. The Kier molecular flexibility index (Phi) is 4.16. The summed E-state index contributed by atoms with van der Waals surface area (Å²) in [5, 5.41) is 0. The first kappa shape index (κ1) is 14.1. The zero-order chi connectivity index (χ0) is 14.1. The molecular weight excluding hydrogens is 266 g/mol. The first-order chi connectivity index (χ1) is 9.66. The summed E-state index contributed by atoms with van der Waals surface area (Å²) in [7, 11) is 0. The standard InChI is InChI=1S/C17H25NOS/c1-12(2)14-8-6-10-18(14)17(19)16-11-13-7-4-3-5-9-15(13)20-16/h11-12,14H,3-10H2,1-2H3. The van der Waals surface area contributed by atoms with Crippen LogP contribution in [-0.2, 0) is 12.8 Å². The molecule has 1 amide bonds. The van der Waals surface area contributed by atoms with Crippen LogP contribution in [0.4, 0.5) is 0 Å². The van der Waals surface area contributed by atoms with Gasteiger partial charge in [-0.25, -0.2) is 0 Å². The molecule has 1 aromatic heterocycles. The zero-order valence-electron chi connectivity index (χ0n) is 12.7. The van der Waals surface area contributed by atoms with Gasteiger partial charge in [-0.1, -0.05) is 20.3 Å². The molecule has 0 bridgehead atoms. The average molecular weight is 291 g/mol. The van der Waals surface area contributed by atoms with Gasteiger partial charge in [0, 0.05) is 17.5 Å². The Balaban J connectivity index is 1.80. The summed E-state index contributed by atoms with van der Waals surface area (Å²) in [6, 6.07) is 2.65. The largest absolute Gasteiger partial charge is 0.335 e.